The van der Waals surface area contributed by atoms with Gasteiger partial charge >= 0.3 is 5.97 Å². The largest absolute Gasteiger partial charge is 0.459 e. The Morgan fingerprint density at radius 3 is 3.15 bits per heavy atom. The van der Waals surface area contributed by atoms with Gasteiger partial charge in [-0.25, -0.2) is 4.79 Å². The van der Waals surface area contributed by atoms with Crippen molar-refractivity contribution in [2.45, 2.75) is 13.0 Å². The first-order valence-electron chi connectivity index (χ1n) is 6.67. The molecule has 5 nitrogen and oxygen atoms in total. The van der Waals surface area contributed by atoms with Gasteiger partial charge in [0.25, 0.3) is 0 Å². The number of ether oxygens (including phenoxy) is 2. The first-order valence-corrected chi connectivity index (χ1v) is 7.04. The van der Waals surface area contributed by atoms with Crippen LogP contribution in [-0.4, -0.2) is 49.8 Å². The Morgan fingerprint density at radius 1 is 1.60 bits per heavy atom. The number of carbonyl (C=O) groups excluding carboxylic acids is 1. The van der Waals surface area contributed by atoms with Gasteiger partial charge < -0.3 is 15.2 Å². The van der Waals surface area contributed by atoms with Gasteiger partial charge in [0.05, 0.1) is 22.9 Å². The predicted molar refractivity (Wildman–Crippen MR) is 78.0 cm³/mol. The number of nitrogens with zero attached hydrogens (tertiary/aromatic N) is 1. The molecule has 0 radical (unpaired) electrons. The van der Waals surface area contributed by atoms with Crippen LogP contribution in [0.5, 0.6) is 0 Å². The second-order valence-corrected chi connectivity index (χ2v) is 5.07. The van der Waals surface area contributed by atoms with E-state index in [4.69, 9.17) is 26.8 Å². The van der Waals surface area contributed by atoms with Crippen molar-refractivity contribution in [1.82, 2.24) is 4.90 Å². The Bertz CT molecular complexity index is 481. The van der Waals surface area contributed by atoms with E-state index >= 15 is 0 Å². The van der Waals surface area contributed by atoms with E-state index in [2.05, 4.69) is 11.8 Å². The van der Waals surface area contributed by atoms with Crippen LogP contribution < -0.4 is 5.73 Å². The van der Waals surface area contributed by atoms with E-state index in [1.165, 1.54) is 0 Å². The summed E-state index contributed by atoms with van der Waals surface area (Å²) in [5.74, 6) is -0.473. The molecule has 2 N–H and O–H groups in total. The molecule has 0 aromatic heterocycles. The highest BCUT2D eigenvalue weighted by atomic mass is 35.5. The van der Waals surface area contributed by atoms with Crippen LogP contribution in [0.1, 0.15) is 17.3 Å². The lowest BCUT2D eigenvalue weighted by Crippen LogP contribution is -2.44. The first kappa shape index (κ1) is 15.1. The minimum Gasteiger partial charge on any atom is -0.459 e. The van der Waals surface area contributed by atoms with Crippen molar-refractivity contribution in [2.24, 2.45) is 0 Å². The Kier molecular flexibility index (Phi) is 5.23. The average molecular weight is 299 g/mol. The molecule has 1 aromatic carbocycles. The molecular formula is C14H19ClN2O3. The maximum absolute atomic E-state index is 12.0. The fraction of sp³-hybridized carbons (Fsp3) is 0.500. The maximum Gasteiger partial charge on any atom is 0.339 e. The SMILES string of the molecule is CCN1CCOC(COC(=O)c2cccc(N)c2Cl)C1. The number of likely N-dealkylation sites (N-methyl/N-ethyl adjacent to an activating group) is 1. The summed E-state index contributed by atoms with van der Waals surface area (Å²) in [6.07, 6.45) is -0.0903. The fourth-order valence-electron chi connectivity index (χ4n) is 2.12. The third-order valence-electron chi connectivity index (χ3n) is 3.32. The number of nitrogen functional groups attached to an aromatic ring is 1. The maximum atomic E-state index is 12.0. The summed E-state index contributed by atoms with van der Waals surface area (Å²) in [6.45, 7) is 5.64. The van der Waals surface area contributed by atoms with Gasteiger partial charge in [-0.05, 0) is 18.7 Å². The molecule has 0 spiro atoms. The number of morpholine rings is 1. The van der Waals surface area contributed by atoms with Crippen LogP contribution >= 0.6 is 11.6 Å². The summed E-state index contributed by atoms with van der Waals surface area (Å²) in [7, 11) is 0. The smallest absolute Gasteiger partial charge is 0.339 e. The minimum absolute atomic E-state index is 0.0903. The summed E-state index contributed by atoms with van der Waals surface area (Å²) in [5, 5.41) is 0.234. The molecule has 1 saturated heterocycles. The number of nitrogens with two attached hydrogens (primary N) is 1. The van der Waals surface area contributed by atoms with Crippen LogP contribution in [0.2, 0.25) is 5.02 Å². The number of hydrogen-bond donors (Lipinski definition) is 1. The number of esters is 1. The summed E-state index contributed by atoms with van der Waals surface area (Å²) in [4.78, 5) is 14.2. The average Bonchev–Trinajstić information content (AvgIpc) is 2.48. The monoisotopic (exact) mass is 298 g/mol. The van der Waals surface area contributed by atoms with Crippen molar-refractivity contribution in [2.75, 3.05) is 38.6 Å². The number of rotatable bonds is 4. The van der Waals surface area contributed by atoms with Crippen LogP contribution in [0.3, 0.4) is 0 Å². The lowest BCUT2D eigenvalue weighted by atomic mass is 10.2. The molecule has 1 aliphatic rings. The van der Waals surface area contributed by atoms with Gasteiger partial charge in [-0.15, -0.1) is 0 Å². The number of halogens is 1. The second kappa shape index (κ2) is 6.92. The number of carbonyl (C=O) groups is 1. The van der Waals surface area contributed by atoms with E-state index in [9.17, 15) is 4.79 Å². The minimum atomic E-state index is -0.473. The Balaban J connectivity index is 1.90. The molecule has 1 unspecified atom stereocenters. The number of anilines is 1. The lowest BCUT2D eigenvalue weighted by molar-refractivity contribution is -0.0578. The molecule has 0 saturated carbocycles. The van der Waals surface area contributed by atoms with Gasteiger partial charge in [0, 0.05) is 13.1 Å². The van der Waals surface area contributed by atoms with E-state index in [0.717, 1.165) is 19.6 Å². The number of benzene rings is 1. The predicted octanol–water partition coefficient (Wildman–Crippen LogP) is 1.80. The van der Waals surface area contributed by atoms with Crippen molar-refractivity contribution in [3.05, 3.63) is 28.8 Å². The van der Waals surface area contributed by atoms with Gasteiger partial charge in [-0.2, -0.15) is 0 Å². The molecule has 1 aliphatic heterocycles. The van der Waals surface area contributed by atoms with Crippen molar-refractivity contribution in [3.8, 4) is 0 Å². The topological polar surface area (TPSA) is 64.8 Å². The lowest BCUT2D eigenvalue weighted by Gasteiger charge is -2.31. The van der Waals surface area contributed by atoms with Gasteiger partial charge in [-0.1, -0.05) is 24.6 Å². The zero-order valence-corrected chi connectivity index (χ0v) is 12.2. The van der Waals surface area contributed by atoms with Crippen molar-refractivity contribution < 1.29 is 14.3 Å². The van der Waals surface area contributed by atoms with Gasteiger partial charge in [0.15, 0.2) is 0 Å². The standard InChI is InChI=1S/C14H19ClN2O3/c1-2-17-6-7-19-10(8-17)9-20-14(18)11-4-3-5-12(16)13(11)15/h3-5,10H,2,6-9,16H2,1H3. The molecule has 20 heavy (non-hydrogen) atoms. The van der Waals surface area contributed by atoms with Crippen LogP contribution in [0, 0.1) is 0 Å². The third kappa shape index (κ3) is 3.62. The molecule has 0 amide bonds. The zero-order valence-electron chi connectivity index (χ0n) is 11.5. The van der Waals surface area contributed by atoms with Crippen LogP contribution in [-0.2, 0) is 9.47 Å². The van der Waals surface area contributed by atoms with Crippen LogP contribution in [0.4, 0.5) is 5.69 Å². The van der Waals surface area contributed by atoms with Crippen molar-refractivity contribution >= 4 is 23.3 Å². The Labute approximate surface area is 123 Å². The van der Waals surface area contributed by atoms with Crippen molar-refractivity contribution in [1.29, 1.82) is 0 Å². The zero-order chi connectivity index (χ0) is 14.5. The third-order valence-corrected chi connectivity index (χ3v) is 3.74. The summed E-state index contributed by atoms with van der Waals surface area (Å²) in [5.41, 5.74) is 6.32. The number of hydrogen-bond acceptors (Lipinski definition) is 5. The summed E-state index contributed by atoms with van der Waals surface area (Å²) < 4.78 is 10.8. The molecule has 0 bridgehead atoms. The molecule has 1 atom stereocenters. The highest BCUT2D eigenvalue weighted by molar-refractivity contribution is 6.36. The molecule has 2 rings (SSSR count). The molecule has 0 aliphatic carbocycles. The highest BCUT2D eigenvalue weighted by Crippen LogP contribution is 2.23. The second-order valence-electron chi connectivity index (χ2n) is 4.69. The molecule has 110 valence electrons. The Hall–Kier alpha value is -1.30. The molecular weight excluding hydrogens is 280 g/mol. The molecule has 1 fully saturated rings. The van der Waals surface area contributed by atoms with Gasteiger partial charge in [0.2, 0.25) is 0 Å². The van der Waals surface area contributed by atoms with E-state index in [1.54, 1.807) is 18.2 Å². The Morgan fingerprint density at radius 2 is 2.40 bits per heavy atom. The molecule has 6 heteroatoms. The van der Waals surface area contributed by atoms with E-state index in [1.807, 2.05) is 0 Å². The molecule has 1 aromatic rings. The summed E-state index contributed by atoms with van der Waals surface area (Å²) >= 11 is 5.99. The van der Waals surface area contributed by atoms with Crippen LogP contribution in [0.25, 0.3) is 0 Å². The van der Waals surface area contributed by atoms with E-state index in [-0.39, 0.29) is 23.3 Å². The van der Waals surface area contributed by atoms with Crippen LogP contribution in [0.15, 0.2) is 18.2 Å². The highest BCUT2D eigenvalue weighted by Gasteiger charge is 2.22. The van der Waals surface area contributed by atoms with Crippen molar-refractivity contribution in [3.63, 3.8) is 0 Å². The quantitative estimate of drug-likeness (QED) is 0.678. The normalized spacial score (nSPS) is 19.8. The van der Waals surface area contributed by atoms with E-state index in [0.29, 0.717) is 12.3 Å². The van der Waals surface area contributed by atoms with E-state index < -0.39 is 5.97 Å². The van der Waals surface area contributed by atoms with Gasteiger partial charge in [0.1, 0.15) is 12.7 Å². The van der Waals surface area contributed by atoms with Gasteiger partial charge in [-0.3, -0.25) is 4.90 Å². The first-order chi connectivity index (χ1) is 9.61. The fourth-order valence-corrected chi connectivity index (χ4v) is 2.33. The summed E-state index contributed by atoms with van der Waals surface area (Å²) in [6, 6.07) is 4.91. The molecule has 1 heterocycles.